The number of aromatic nitrogens is 4. The smallest absolute Gasteiger partial charge is 0.345 e. The molecule has 1 aliphatic rings. The Balaban J connectivity index is 1.63. The van der Waals surface area contributed by atoms with Crippen molar-refractivity contribution in [1.29, 1.82) is 0 Å². The van der Waals surface area contributed by atoms with Gasteiger partial charge in [-0.1, -0.05) is 0 Å². The molecule has 0 radical (unpaired) electrons. The second kappa shape index (κ2) is 8.42. The van der Waals surface area contributed by atoms with Gasteiger partial charge in [-0.15, -0.1) is 0 Å². The third-order valence-electron chi connectivity index (χ3n) is 4.62. The second-order valence-corrected chi connectivity index (χ2v) is 7.17. The summed E-state index contributed by atoms with van der Waals surface area (Å²) in [7, 11) is 0. The zero-order chi connectivity index (χ0) is 19.6. The normalized spacial score (nSPS) is 20.3. The van der Waals surface area contributed by atoms with Crippen molar-refractivity contribution in [3.05, 3.63) is 21.3 Å². The number of nitrogens with zero attached hydrogens (tertiary/aromatic N) is 4. The predicted molar refractivity (Wildman–Crippen MR) is 96.4 cm³/mol. The van der Waals surface area contributed by atoms with E-state index >= 15 is 0 Å². The summed E-state index contributed by atoms with van der Waals surface area (Å²) in [5.74, 6) is -0.321. The molecular formula is C16H20BrF2N5O3. The lowest BCUT2D eigenvalue weighted by molar-refractivity contribution is -0.170. The molecule has 3 rings (SSSR count). The molecule has 148 valence electrons. The number of ether oxygens (including phenoxy) is 1. The first-order valence-corrected chi connectivity index (χ1v) is 9.52. The Kier molecular flexibility index (Phi) is 6.20. The Morgan fingerprint density at radius 3 is 2.74 bits per heavy atom. The number of carbonyl (C=O) groups excluding carboxylic acids is 1. The molecule has 0 bridgehead atoms. The zero-order valence-electron chi connectivity index (χ0n) is 14.7. The average molecular weight is 448 g/mol. The molecule has 0 unspecified atom stereocenters. The molecule has 2 heterocycles. The van der Waals surface area contributed by atoms with Crippen molar-refractivity contribution >= 4 is 32.9 Å². The minimum Gasteiger partial charge on any atom is -0.352 e. The summed E-state index contributed by atoms with van der Waals surface area (Å²) in [4.78, 5) is 29.2. The fraction of sp³-hybridized carbons (Fsp3) is 0.625. The van der Waals surface area contributed by atoms with E-state index in [9.17, 15) is 18.4 Å². The van der Waals surface area contributed by atoms with Gasteiger partial charge in [0.05, 0.1) is 12.4 Å². The van der Waals surface area contributed by atoms with Crippen LogP contribution in [0.25, 0.3) is 11.0 Å². The Hall–Kier alpha value is -1.88. The zero-order valence-corrected chi connectivity index (χ0v) is 16.3. The summed E-state index contributed by atoms with van der Waals surface area (Å²) in [6.07, 6.45) is 2.90. The molecule has 2 aromatic heterocycles. The van der Waals surface area contributed by atoms with E-state index in [0.29, 0.717) is 47.9 Å². The van der Waals surface area contributed by atoms with Crippen LogP contribution in [0.1, 0.15) is 32.6 Å². The van der Waals surface area contributed by atoms with Crippen molar-refractivity contribution in [2.45, 2.75) is 64.5 Å². The third-order valence-corrected chi connectivity index (χ3v) is 5.16. The molecule has 0 atom stereocenters. The van der Waals surface area contributed by atoms with E-state index in [1.807, 2.05) is 6.92 Å². The van der Waals surface area contributed by atoms with Crippen LogP contribution >= 0.6 is 15.9 Å². The van der Waals surface area contributed by atoms with Gasteiger partial charge in [0.15, 0.2) is 10.1 Å². The fourth-order valence-electron chi connectivity index (χ4n) is 3.32. The van der Waals surface area contributed by atoms with Crippen LogP contribution < -0.4 is 10.9 Å². The van der Waals surface area contributed by atoms with E-state index in [4.69, 9.17) is 0 Å². The summed E-state index contributed by atoms with van der Waals surface area (Å²) in [5.41, 5.74) is 0.449. The van der Waals surface area contributed by atoms with Gasteiger partial charge in [0.2, 0.25) is 5.91 Å². The van der Waals surface area contributed by atoms with Crippen molar-refractivity contribution in [3.8, 4) is 0 Å². The standard InChI is InChI=1S/C16H20BrF2N5O3/c1-2-24-13-12(14(17)22-24)20-8-23(15(13)26)7-11(25)21-9-3-5-10(6-4-9)27-16(18)19/h8-10,16H,2-7H2,1H3,(H,21,25). The lowest BCUT2D eigenvalue weighted by Crippen LogP contribution is -2.42. The van der Waals surface area contributed by atoms with Crippen LogP contribution in [0.3, 0.4) is 0 Å². The molecule has 0 aliphatic heterocycles. The van der Waals surface area contributed by atoms with Crippen LogP contribution in [-0.2, 0) is 22.6 Å². The van der Waals surface area contributed by atoms with Crippen LogP contribution in [-0.4, -0.2) is 44.0 Å². The van der Waals surface area contributed by atoms with Crippen LogP contribution in [0.4, 0.5) is 8.78 Å². The van der Waals surface area contributed by atoms with Gasteiger partial charge in [-0.25, -0.2) is 4.98 Å². The molecule has 0 aromatic carbocycles. The van der Waals surface area contributed by atoms with E-state index < -0.39 is 12.7 Å². The van der Waals surface area contributed by atoms with Gasteiger partial charge >= 0.3 is 6.61 Å². The monoisotopic (exact) mass is 447 g/mol. The summed E-state index contributed by atoms with van der Waals surface area (Å²) < 4.78 is 32.2. The molecule has 8 nitrogen and oxygen atoms in total. The largest absolute Gasteiger partial charge is 0.352 e. The maximum absolute atomic E-state index is 12.7. The van der Waals surface area contributed by atoms with E-state index in [2.05, 4.69) is 36.1 Å². The molecule has 0 saturated heterocycles. The Morgan fingerprint density at radius 1 is 1.41 bits per heavy atom. The van der Waals surface area contributed by atoms with Crippen molar-refractivity contribution in [2.75, 3.05) is 0 Å². The number of halogens is 3. The fourth-order valence-corrected chi connectivity index (χ4v) is 3.81. The molecular weight excluding hydrogens is 428 g/mol. The highest BCUT2D eigenvalue weighted by Crippen LogP contribution is 2.23. The van der Waals surface area contributed by atoms with Crippen LogP contribution in [0.15, 0.2) is 15.7 Å². The first-order valence-electron chi connectivity index (χ1n) is 8.73. The molecule has 1 amide bonds. The van der Waals surface area contributed by atoms with Crippen LogP contribution in [0.2, 0.25) is 0 Å². The first-order chi connectivity index (χ1) is 12.9. The number of hydrogen-bond acceptors (Lipinski definition) is 5. The van der Waals surface area contributed by atoms with Gasteiger partial charge in [0, 0.05) is 12.6 Å². The average Bonchev–Trinajstić information content (AvgIpc) is 2.95. The molecule has 27 heavy (non-hydrogen) atoms. The van der Waals surface area contributed by atoms with Gasteiger partial charge < -0.3 is 10.1 Å². The van der Waals surface area contributed by atoms with Gasteiger partial charge in [-0.2, -0.15) is 13.9 Å². The number of alkyl halides is 2. The number of hydrogen-bond donors (Lipinski definition) is 1. The van der Waals surface area contributed by atoms with E-state index in [0.717, 1.165) is 0 Å². The first kappa shape index (κ1) is 19.9. The molecule has 1 aliphatic carbocycles. The number of amides is 1. The van der Waals surface area contributed by atoms with Crippen LogP contribution in [0.5, 0.6) is 0 Å². The summed E-state index contributed by atoms with van der Waals surface area (Å²) in [6.45, 7) is -0.579. The van der Waals surface area contributed by atoms with E-state index in [1.54, 1.807) is 0 Å². The minimum atomic E-state index is -2.77. The highest BCUT2D eigenvalue weighted by Gasteiger charge is 2.25. The van der Waals surface area contributed by atoms with Gasteiger partial charge in [-0.3, -0.25) is 18.8 Å². The number of carbonyl (C=O) groups is 1. The quantitative estimate of drug-likeness (QED) is 0.731. The third kappa shape index (κ3) is 4.52. The van der Waals surface area contributed by atoms with Crippen molar-refractivity contribution in [1.82, 2.24) is 24.6 Å². The molecule has 1 N–H and O–H groups in total. The van der Waals surface area contributed by atoms with Gasteiger partial charge in [0.25, 0.3) is 5.56 Å². The van der Waals surface area contributed by atoms with Crippen molar-refractivity contribution < 1.29 is 18.3 Å². The second-order valence-electron chi connectivity index (χ2n) is 6.42. The number of fused-ring (bicyclic) bond motifs is 1. The maximum atomic E-state index is 12.7. The van der Waals surface area contributed by atoms with Gasteiger partial charge in [-0.05, 0) is 48.5 Å². The predicted octanol–water partition coefficient (Wildman–Crippen LogP) is 2.04. The van der Waals surface area contributed by atoms with Crippen molar-refractivity contribution in [3.63, 3.8) is 0 Å². The highest BCUT2D eigenvalue weighted by molar-refractivity contribution is 9.10. The topological polar surface area (TPSA) is 91.0 Å². The minimum absolute atomic E-state index is 0.113. The van der Waals surface area contributed by atoms with Gasteiger partial charge in [0.1, 0.15) is 12.1 Å². The molecule has 11 heteroatoms. The summed E-state index contributed by atoms with van der Waals surface area (Å²) in [6, 6.07) is -0.113. The Labute approximate surface area is 162 Å². The highest BCUT2D eigenvalue weighted by atomic mass is 79.9. The molecule has 1 saturated carbocycles. The van der Waals surface area contributed by atoms with E-state index in [-0.39, 0.29) is 24.1 Å². The Bertz CT molecular complexity index is 877. The lowest BCUT2D eigenvalue weighted by atomic mass is 9.93. The SMILES string of the molecule is CCn1nc(Br)c2ncn(CC(=O)NC3CCC(OC(F)F)CC3)c(=O)c21. The number of rotatable bonds is 6. The summed E-state index contributed by atoms with van der Waals surface area (Å²) in [5, 5.41) is 7.05. The summed E-state index contributed by atoms with van der Waals surface area (Å²) >= 11 is 3.27. The van der Waals surface area contributed by atoms with Crippen molar-refractivity contribution in [2.24, 2.45) is 0 Å². The molecule has 2 aromatic rings. The lowest BCUT2D eigenvalue weighted by Gasteiger charge is -2.28. The molecule has 1 fully saturated rings. The Morgan fingerprint density at radius 2 is 2.11 bits per heavy atom. The number of aryl methyl sites for hydroxylation is 1. The van der Waals surface area contributed by atoms with E-state index in [1.165, 1.54) is 15.6 Å². The van der Waals surface area contributed by atoms with Crippen LogP contribution in [0, 0.1) is 0 Å². The maximum Gasteiger partial charge on any atom is 0.345 e. The molecule has 0 spiro atoms. The number of nitrogens with one attached hydrogen (secondary N) is 1.